The van der Waals surface area contributed by atoms with Crippen LogP contribution < -0.4 is 0 Å². The third-order valence-electron chi connectivity index (χ3n) is 3.13. The Labute approximate surface area is 81.0 Å². The minimum Gasteiger partial charge on any atom is -0.393 e. The molecule has 13 heavy (non-hydrogen) atoms. The van der Waals surface area contributed by atoms with Crippen LogP contribution in [0.25, 0.3) is 0 Å². The molecule has 78 valence electrons. The molecule has 3 unspecified atom stereocenters. The van der Waals surface area contributed by atoms with E-state index in [-0.39, 0.29) is 18.1 Å². The summed E-state index contributed by atoms with van der Waals surface area (Å²) in [6.07, 6.45) is 6.72. The van der Waals surface area contributed by atoms with Gasteiger partial charge < -0.3 is 10.2 Å². The van der Waals surface area contributed by atoms with Crippen molar-refractivity contribution in [1.29, 1.82) is 0 Å². The van der Waals surface area contributed by atoms with E-state index in [0.717, 1.165) is 38.5 Å². The third kappa shape index (κ3) is 3.28. The van der Waals surface area contributed by atoms with Gasteiger partial charge >= 0.3 is 0 Å². The van der Waals surface area contributed by atoms with E-state index >= 15 is 0 Å². The van der Waals surface area contributed by atoms with Crippen molar-refractivity contribution in [2.24, 2.45) is 5.92 Å². The lowest BCUT2D eigenvalue weighted by Gasteiger charge is -2.31. The van der Waals surface area contributed by atoms with E-state index in [1.54, 1.807) is 0 Å². The highest BCUT2D eigenvalue weighted by atomic mass is 16.3. The lowest BCUT2D eigenvalue weighted by molar-refractivity contribution is -0.0162. The summed E-state index contributed by atoms with van der Waals surface area (Å²) in [6.45, 7) is 2.13. The van der Waals surface area contributed by atoms with Crippen molar-refractivity contribution in [3.8, 4) is 0 Å². The van der Waals surface area contributed by atoms with Gasteiger partial charge in [0.2, 0.25) is 0 Å². The molecule has 1 saturated carbocycles. The Morgan fingerprint density at radius 3 is 2.62 bits per heavy atom. The lowest BCUT2D eigenvalue weighted by Crippen LogP contribution is -2.34. The monoisotopic (exact) mass is 186 g/mol. The first-order valence-corrected chi connectivity index (χ1v) is 5.61. The van der Waals surface area contributed by atoms with Crippen LogP contribution in [0.5, 0.6) is 0 Å². The van der Waals surface area contributed by atoms with Crippen LogP contribution in [0.1, 0.15) is 51.9 Å². The Bertz CT molecular complexity index is 136. The van der Waals surface area contributed by atoms with Crippen molar-refractivity contribution < 1.29 is 10.2 Å². The highest BCUT2D eigenvalue weighted by Gasteiger charge is 2.28. The summed E-state index contributed by atoms with van der Waals surface area (Å²) < 4.78 is 0. The molecule has 0 spiro atoms. The van der Waals surface area contributed by atoms with Crippen LogP contribution in [-0.4, -0.2) is 22.4 Å². The molecule has 3 atom stereocenters. The Morgan fingerprint density at radius 2 is 2.00 bits per heavy atom. The maximum Gasteiger partial charge on any atom is 0.0593 e. The van der Waals surface area contributed by atoms with Crippen molar-refractivity contribution in [3.63, 3.8) is 0 Å². The number of aliphatic hydroxyl groups is 2. The molecule has 0 bridgehead atoms. The van der Waals surface area contributed by atoms with Gasteiger partial charge in [-0.05, 0) is 19.3 Å². The molecule has 0 aliphatic heterocycles. The van der Waals surface area contributed by atoms with Gasteiger partial charge in [-0.25, -0.2) is 0 Å². The van der Waals surface area contributed by atoms with Gasteiger partial charge in [0.1, 0.15) is 0 Å². The van der Waals surface area contributed by atoms with Crippen molar-refractivity contribution in [1.82, 2.24) is 0 Å². The van der Waals surface area contributed by atoms with Gasteiger partial charge in [0.25, 0.3) is 0 Å². The summed E-state index contributed by atoms with van der Waals surface area (Å²) in [7, 11) is 0. The Kier molecular flexibility index (Phi) is 4.74. The van der Waals surface area contributed by atoms with Gasteiger partial charge in [-0.3, -0.25) is 0 Å². The van der Waals surface area contributed by atoms with Crippen molar-refractivity contribution in [3.05, 3.63) is 0 Å². The number of hydrogen-bond acceptors (Lipinski definition) is 2. The van der Waals surface area contributed by atoms with Crippen LogP contribution in [0.4, 0.5) is 0 Å². The van der Waals surface area contributed by atoms with Crippen molar-refractivity contribution in [2.75, 3.05) is 0 Å². The summed E-state index contributed by atoms with van der Waals surface area (Å²) >= 11 is 0. The van der Waals surface area contributed by atoms with E-state index in [4.69, 9.17) is 0 Å². The molecule has 2 nitrogen and oxygen atoms in total. The zero-order valence-electron chi connectivity index (χ0n) is 8.58. The van der Waals surface area contributed by atoms with Crippen LogP contribution in [0.2, 0.25) is 0 Å². The summed E-state index contributed by atoms with van der Waals surface area (Å²) in [5, 5.41) is 19.5. The molecule has 1 fully saturated rings. The first kappa shape index (κ1) is 11.0. The molecule has 0 amide bonds. The molecular formula is C11H22O2. The van der Waals surface area contributed by atoms with E-state index in [2.05, 4.69) is 6.92 Å². The zero-order chi connectivity index (χ0) is 9.68. The predicted octanol–water partition coefficient (Wildman–Crippen LogP) is 2.09. The first-order valence-electron chi connectivity index (χ1n) is 5.61. The molecule has 0 saturated heterocycles. The van der Waals surface area contributed by atoms with E-state index in [0.29, 0.717) is 0 Å². The van der Waals surface area contributed by atoms with Gasteiger partial charge in [-0.2, -0.15) is 0 Å². The van der Waals surface area contributed by atoms with Crippen LogP contribution in [0.3, 0.4) is 0 Å². The largest absolute Gasteiger partial charge is 0.393 e. The normalized spacial score (nSPS) is 31.6. The molecule has 1 rings (SSSR count). The molecule has 0 radical (unpaired) electrons. The predicted molar refractivity (Wildman–Crippen MR) is 53.5 cm³/mol. The van der Waals surface area contributed by atoms with Gasteiger partial charge in [0.15, 0.2) is 0 Å². The number of aliphatic hydroxyl groups excluding tert-OH is 2. The standard InChI is InChI=1S/C11H22O2/c1-2-3-7-10(12)9-6-4-5-8-11(9)13/h9-13H,2-8H2,1H3. The Balaban J connectivity index is 2.30. The average Bonchev–Trinajstić information content (AvgIpc) is 2.15. The van der Waals surface area contributed by atoms with Gasteiger partial charge in [0, 0.05) is 5.92 Å². The lowest BCUT2D eigenvalue weighted by atomic mass is 9.81. The molecular weight excluding hydrogens is 164 g/mol. The van der Waals surface area contributed by atoms with Gasteiger partial charge in [0.05, 0.1) is 12.2 Å². The molecule has 0 aromatic heterocycles. The van der Waals surface area contributed by atoms with Crippen LogP contribution in [-0.2, 0) is 0 Å². The van der Waals surface area contributed by atoms with Crippen molar-refractivity contribution in [2.45, 2.75) is 64.1 Å². The van der Waals surface area contributed by atoms with E-state index < -0.39 is 0 Å². The minimum atomic E-state index is -0.268. The third-order valence-corrected chi connectivity index (χ3v) is 3.13. The first-order chi connectivity index (χ1) is 6.25. The Morgan fingerprint density at radius 1 is 1.31 bits per heavy atom. The second-order valence-corrected chi connectivity index (χ2v) is 4.23. The highest BCUT2D eigenvalue weighted by Crippen LogP contribution is 2.28. The SMILES string of the molecule is CCCCC(O)C1CCCCC1O. The number of unbranched alkanes of at least 4 members (excludes halogenated alkanes) is 1. The molecule has 2 heteroatoms. The topological polar surface area (TPSA) is 40.5 Å². The minimum absolute atomic E-state index is 0.153. The highest BCUT2D eigenvalue weighted by molar-refractivity contribution is 4.80. The van der Waals surface area contributed by atoms with Gasteiger partial charge in [-0.1, -0.05) is 32.6 Å². The summed E-state index contributed by atoms with van der Waals surface area (Å²) in [5.41, 5.74) is 0. The molecule has 0 aromatic carbocycles. The zero-order valence-corrected chi connectivity index (χ0v) is 8.58. The fourth-order valence-electron chi connectivity index (χ4n) is 2.22. The maximum absolute atomic E-state index is 9.82. The maximum atomic E-state index is 9.82. The molecule has 0 heterocycles. The van der Waals surface area contributed by atoms with E-state index in [1.807, 2.05) is 0 Å². The van der Waals surface area contributed by atoms with Crippen molar-refractivity contribution >= 4 is 0 Å². The second-order valence-electron chi connectivity index (χ2n) is 4.23. The average molecular weight is 186 g/mol. The fourth-order valence-corrected chi connectivity index (χ4v) is 2.22. The van der Waals surface area contributed by atoms with E-state index in [1.165, 1.54) is 6.42 Å². The molecule has 0 aromatic rings. The fraction of sp³-hybridized carbons (Fsp3) is 1.00. The summed E-state index contributed by atoms with van der Waals surface area (Å²) in [5.74, 6) is 0.153. The van der Waals surface area contributed by atoms with Gasteiger partial charge in [-0.15, -0.1) is 0 Å². The van der Waals surface area contributed by atoms with E-state index in [9.17, 15) is 10.2 Å². The number of hydrogen-bond donors (Lipinski definition) is 2. The Hall–Kier alpha value is -0.0800. The quantitative estimate of drug-likeness (QED) is 0.705. The summed E-state index contributed by atoms with van der Waals surface area (Å²) in [4.78, 5) is 0. The second kappa shape index (κ2) is 5.61. The van der Waals surface area contributed by atoms with Crippen LogP contribution in [0, 0.1) is 5.92 Å². The van der Waals surface area contributed by atoms with Crippen LogP contribution in [0.15, 0.2) is 0 Å². The molecule has 2 N–H and O–H groups in total. The molecule has 1 aliphatic rings. The summed E-state index contributed by atoms with van der Waals surface area (Å²) in [6, 6.07) is 0. The smallest absolute Gasteiger partial charge is 0.0593 e. The molecule has 1 aliphatic carbocycles. The van der Waals surface area contributed by atoms with Crippen LogP contribution >= 0.6 is 0 Å². The number of rotatable bonds is 4.